The van der Waals surface area contributed by atoms with E-state index in [1.807, 2.05) is 23.6 Å². The number of rotatable bonds is 9. The number of anilines is 2. The van der Waals surface area contributed by atoms with Crippen molar-refractivity contribution < 1.29 is 9.53 Å². The maximum atomic E-state index is 12.4. The largest absolute Gasteiger partial charge is 0.495 e. The van der Waals surface area contributed by atoms with Crippen LogP contribution in [0, 0.1) is 0 Å². The second-order valence-corrected chi connectivity index (χ2v) is 7.94. The van der Waals surface area contributed by atoms with Crippen LogP contribution in [0.4, 0.5) is 11.4 Å². The molecule has 158 valence electrons. The Balaban J connectivity index is 1.61. The summed E-state index contributed by atoms with van der Waals surface area (Å²) in [5.74, 6) is 1.39. The molecule has 0 aliphatic rings. The van der Waals surface area contributed by atoms with Crippen molar-refractivity contribution in [2.45, 2.75) is 25.2 Å². The van der Waals surface area contributed by atoms with E-state index in [0.717, 1.165) is 11.5 Å². The summed E-state index contributed by atoms with van der Waals surface area (Å²) in [7, 11) is 1.57. The third-order valence-electron chi connectivity index (χ3n) is 4.19. The molecule has 0 radical (unpaired) electrons. The van der Waals surface area contributed by atoms with E-state index in [-0.39, 0.29) is 11.7 Å². The quantitative estimate of drug-likeness (QED) is 0.434. The smallest absolute Gasteiger partial charge is 0.234 e. The van der Waals surface area contributed by atoms with Crippen molar-refractivity contribution in [3.63, 3.8) is 0 Å². The van der Waals surface area contributed by atoms with Gasteiger partial charge in [0.2, 0.25) is 5.91 Å². The number of carbonyl (C=O) groups is 1. The van der Waals surface area contributed by atoms with Crippen molar-refractivity contribution in [3.05, 3.63) is 58.3 Å². The molecule has 0 spiro atoms. The third-order valence-corrected chi connectivity index (χ3v) is 5.72. The SMILES string of the molecule is CCn1c(CNc2cc(Cl)ccc2Cl)nnc1SCC(=O)Nc1ccccc1OC. The van der Waals surface area contributed by atoms with Crippen molar-refractivity contribution in [3.8, 4) is 5.75 Å². The maximum absolute atomic E-state index is 12.4. The minimum absolute atomic E-state index is 0.152. The number of halogens is 2. The zero-order valence-electron chi connectivity index (χ0n) is 16.5. The fourth-order valence-corrected chi connectivity index (χ4v) is 3.92. The fraction of sp³-hybridized carbons (Fsp3) is 0.250. The number of methoxy groups -OCH3 is 1. The molecule has 0 saturated carbocycles. The Morgan fingerprint density at radius 2 is 1.97 bits per heavy atom. The van der Waals surface area contributed by atoms with E-state index in [0.29, 0.717) is 39.7 Å². The highest BCUT2D eigenvalue weighted by atomic mass is 35.5. The van der Waals surface area contributed by atoms with Gasteiger partial charge in [0.1, 0.15) is 5.75 Å². The van der Waals surface area contributed by atoms with Crippen LogP contribution < -0.4 is 15.4 Å². The second kappa shape index (κ2) is 10.6. The standard InChI is InChI=1S/C20H21Cl2N5O2S/c1-3-27-18(11-23-16-10-13(21)8-9-14(16)22)25-26-20(27)30-12-19(28)24-15-6-4-5-7-17(15)29-2/h4-10,23H,3,11-12H2,1-2H3,(H,24,28). The molecule has 0 atom stereocenters. The molecule has 2 N–H and O–H groups in total. The van der Waals surface area contributed by atoms with Gasteiger partial charge < -0.3 is 19.9 Å². The summed E-state index contributed by atoms with van der Waals surface area (Å²) in [6.45, 7) is 3.09. The van der Waals surface area contributed by atoms with Gasteiger partial charge in [0.25, 0.3) is 0 Å². The molecule has 30 heavy (non-hydrogen) atoms. The van der Waals surface area contributed by atoms with Crippen molar-refractivity contribution in [1.82, 2.24) is 14.8 Å². The van der Waals surface area contributed by atoms with Gasteiger partial charge in [-0.25, -0.2) is 0 Å². The van der Waals surface area contributed by atoms with Crippen molar-refractivity contribution in [2.75, 3.05) is 23.5 Å². The molecular formula is C20H21Cl2N5O2S. The molecule has 0 unspecified atom stereocenters. The molecule has 3 aromatic rings. The second-order valence-electron chi connectivity index (χ2n) is 6.16. The summed E-state index contributed by atoms with van der Waals surface area (Å²) in [6.07, 6.45) is 0. The fourth-order valence-electron chi connectivity index (χ4n) is 2.75. The summed E-state index contributed by atoms with van der Waals surface area (Å²) in [4.78, 5) is 12.4. The highest BCUT2D eigenvalue weighted by Gasteiger charge is 2.14. The van der Waals surface area contributed by atoms with Crippen molar-refractivity contribution >= 4 is 52.2 Å². The van der Waals surface area contributed by atoms with Crippen LogP contribution in [0.5, 0.6) is 5.75 Å². The van der Waals surface area contributed by atoms with E-state index in [4.69, 9.17) is 27.9 Å². The van der Waals surface area contributed by atoms with Gasteiger partial charge in [0, 0.05) is 11.6 Å². The number of ether oxygens (including phenoxy) is 1. The first-order chi connectivity index (χ1) is 14.5. The highest BCUT2D eigenvalue weighted by molar-refractivity contribution is 7.99. The van der Waals surface area contributed by atoms with E-state index in [2.05, 4.69) is 20.8 Å². The Morgan fingerprint density at radius 1 is 1.17 bits per heavy atom. The lowest BCUT2D eigenvalue weighted by atomic mass is 10.3. The first-order valence-corrected chi connectivity index (χ1v) is 10.9. The summed E-state index contributed by atoms with van der Waals surface area (Å²) in [6, 6.07) is 12.5. The molecule has 3 rings (SSSR count). The van der Waals surface area contributed by atoms with Gasteiger partial charge in [0.15, 0.2) is 11.0 Å². The van der Waals surface area contributed by atoms with Crippen LogP contribution in [0.1, 0.15) is 12.7 Å². The maximum Gasteiger partial charge on any atom is 0.234 e. The van der Waals surface area contributed by atoms with E-state index >= 15 is 0 Å². The topological polar surface area (TPSA) is 81.1 Å². The number of hydrogen-bond donors (Lipinski definition) is 2. The highest BCUT2D eigenvalue weighted by Crippen LogP contribution is 2.27. The summed E-state index contributed by atoms with van der Waals surface area (Å²) in [5.41, 5.74) is 1.35. The Morgan fingerprint density at radius 3 is 2.73 bits per heavy atom. The Hall–Kier alpha value is -2.42. The molecule has 7 nitrogen and oxygen atoms in total. The zero-order chi connectivity index (χ0) is 21.5. The van der Waals surface area contributed by atoms with Crippen molar-refractivity contribution in [1.29, 1.82) is 0 Å². The molecular weight excluding hydrogens is 445 g/mol. The minimum atomic E-state index is -0.152. The number of para-hydroxylation sites is 2. The number of thioether (sulfide) groups is 1. The first kappa shape index (κ1) is 22.3. The van der Waals surface area contributed by atoms with Gasteiger partial charge in [-0.2, -0.15) is 0 Å². The van der Waals surface area contributed by atoms with E-state index in [1.165, 1.54) is 11.8 Å². The molecule has 0 aliphatic heterocycles. The van der Waals surface area contributed by atoms with Crippen LogP contribution in [0.25, 0.3) is 0 Å². The Labute approximate surface area is 189 Å². The number of nitrogens with zero attached hydrogens (tertiary/aromatic N) is 3. The molecule has 0 bridgehead atoms. The monoisotopic (exact) mass is 465 g/mol. The van der Waals surface area contributed by atoms with Crippen LogP contribution in [0.2, 0.25) is 10.0 Å². The lowest BCUT2D eigenvalue weighted by Crippen LogP contribution is -2.15. The number of benzene rings is 2. The predicted molar refractivity (Wildman–Crippen MR) is 122 cm³/mol. The van der Waals surface area contributed by atoms with Gasteiger partial charge in [-0.3, -0.25) is 4.79 Å². The Bertz CT molecular complexity index is 1030. The molecule has 1 aromatic heterocycles. The van der Waals surface area contributed by atoms with Gasteiger partial charge in [0.05, 0.1) is 35.8 Å². The summed E-state index contributed by atoms with van der Waals surface area (Å²) >= 11 is 13.5. The van der Waals surface area contributed by atoms with Gasteiger partial charge >= 0.3 is 0 Å². The molecule has 1 amide bonds. The van der Waals surface area contributed by atoms with Gasteiger partial charge in [-0.1, -0.05) is 47.1 Å². The number of nitrogens with one attached hydrogen (secondary N) is 2. The summed E-state index contributed by atoms with van der Waals surface area (Å²) in [5, 5.41) is 16.4. The van der Waals surface area contributed by atoms with Gasteiger partial charge in [-0.15, -0.1) is 10.2 Å². The van der Waals surface area contributed by atoms with Crippen LogP contribution in [0.3, 0.4) is 0 Å². The molecule has 0 fully saturated rings. The number of amides is 1. The zero-order valence-corrected chi connectivity index (χ0v) is 18.8. The lowest BCUT2D eigenvalue weighted by molar-refractivity contribution is -0.113. The van der Waals surface area contributed by atoms with Crippen LogP contribution in [-0.4, -0.2) is 33.5 Å². The molecule has 0 saturated heterocycles. The minimum Gasteiger partial charge on any atom is -0.495 e. The molecule has 1 heterocycles. The number of hydrogen-bond acceptors (Lipinski definition) is 6. The molecule has 10 heteroatoms. The average molecular weight is 466 g/mol. The number of carbonyl (C=O) groups excluding carboxylic acids is 1. The van der Waals surface area contributed by atoms with Crippen molar-refractivity contribution in [2.24, 2.45) is 0 Å². The summed E-state index contributed by atoms with van der Waals surface area (Å²) < 4.78 is 7.21. The van der Waals surface area contributed by atoms with E-state index in [9.17, 15) is 4.79 Å². The van der Waals surface area contributed by atoms with Crippen LogP contribution in [-0.2, 0) is 17.9 Å². The first-order valence-electron chi connectivity index (χ1n) is 9.18. The molecule has 0 aliphatic carbocycles. The number of aromatic nitrogens is 3. The predicted octanol–water partition coefficient (Wildman–Crippen LogP) is 4.96. The normalized spacial score (nSPS) is 10.7. The Kier molecular flexibility index (Phi) is 7.84. The van der Waals surface area contributed by atoms with E-state index < -0.39 is 0 Å². The van der Waals surface area contributed by atoms with Crippen LogP contribution >= 0.6 is 35.0 Å². The lowest BCUT2D eigenvalue weighted by Gasteiger charge is -2.11. The van der Waals surface area contributed by atoms with Crippen LogP contribution in [0.15, 0.2) is 47.6 Å². The van der Waals surface area contributed by atoms with Gasteiger partial charge in [-0.05, 0) is 37.3 Å². The molecule has 2 aromatic carbocycles. The third kappa shape index (κ3) is 5.59. The van der Waals surface area contributed by atoms with E-state index in [1.54, 1.807) is 37.4 Å². The average Bonchev–Trinajstić information content (AvgIpc) is 3.15.